The molecule has 0 saturated carbocycles. The van der Waals surface area contributed by atoms with Crippen LogP contribution in [0.2, 0.25) is 0 Å². The van der Waals surface area contributed by atoms with Gasteiger partial charge in [-0.3, -0.25) is 0 Å². The number of phenolic OH excluding ortho intramolecular Hbond substituents is 1. The van der Waals surface area contributed by atoms with E-state index in [-0.39, 0.29) is 5.75 Å². The molecule has 4 rings (SSSR count). The molecule has 0 radical (unpaired) electrons. The third kappa shape index (κ3) is 2.65. The Morgan fingerprint density at radius 2 is 1.96 bits per heavy atom. The SMILES string of the molecule is COc1ccc2c(c1)-c1nc(Nc3cccc(O)c3)ncc1CC2. The van der Waals surface area contributed by atoms with Crippen LogP contribution in [-0.2, 0) is 12.8 Å². The summed E-state index contributed by atoms with van der Waals surface area (Å²) in [7, 11) is 1.67. The average Bonchev–Trinajstić information content (AvgIpc) is 2.61. The van der Waals surface area contributed by atoms with E-state index < -0.39 is 0 Å². The number of nitrogens with zero attached hydrogens (tertiary/aromatic N) is 2. The molecule has 0 amide bonds. The molecule has 0 unspecified atom stereocenters. The van der Waals surface area contributed by atoms with E-state index in [9.17, 15) is 5.11 Å². The molecule has 5 nitrogen and oxygen atoms in total. The third-order valence-electron chi connectivity index (χ3n) is 4.20. The highest BCUT2D eigenvalue weighted by molar-refractivity contribution is 5.72. The van der Waals surface area contributed by atoms with Crippen molar-refractivity contribution < 1.29 is 9.84 Å². The summed E-state index contributed by atoms with van der Waals surface area (Å²) in [6.07, 6.45) is 3.78. The summed E-state index contributed by atoms with van der Waals surface area (Å²) in [5.41, 5.74) is 5.18. The number of methoxy groups -OCH3 is 1. The van der Waals surface area contributed by atoms with E-state index in [1.807, 2.05) is 24.4 Å². The first-order valence-corrected chi connectivity index (χ1v) is 7.82. The van der Waals surface area contributed by atoms with Crippen LogP contribution in [0.4, 0.5) is 11.6 Å². The van der Waals surface area contributed by atoms with Gasteiger partial charge in [-0.15, -0.1) is 0 Å². The summed E-state index contributed by atoms with van der Waals surface area (Å²) in [5.74, 6) is 1.53. The van der Waals surface area contributed by atoms with Gasteiger partial charge in [0.2, 0.25) is 5.95 Å². The van der Waals surface area contributed by atoms with Gasteiger partial charge in [-0.1, -0.05) is 12.1 Å². The molecule has 0 saturated heterocycles. The lowest BCUT2D eigenvalue weighted by molar-refractivity contribution is 0.415. The Hall–Kier alpha value is -3.08. The molecular weight excluding hydrogens is 302 g/mol. The molecule has 120 valence electrons. The number of rotatable bonds is 3. The largest absolute Gasteiger partial charge is 0.508 e. The smallest absolute Gasteiger partial charge is 0.227 e. The number of benzene rings is 2. The summed E-state index contributed by atoms with van der Waals surface area (Å²) >= 11 is 0. The number of aryl methyl sites for hydroxylation is 2. The number of phenols is 1. The van der Waals surface area contributed by atoms with Gasteiger partial charge in [0, 0.05) is 23.5 Å². The van der Waals surface area contributed by atoms with Crippen molar-refractivity contribution in [3.8, 4) is 22.8 Å². The lowest BCUT2D eigenvalue weighted by Crippen LogP contribution is -2.08. The predicted octanol–water partition coefficient (Wildman–Crippen LogP) is 3.70. The van der Waals surface area contributed by atoms with Crippen molar-refractivity contribution in [2.45, 2.75) is 12.8 Å². The molecule has 24 heavy (non-hydrogen) atoms. The molecule has 5 heteroatoms. The quantitative estimate of drug-likeness (QED) is 0.770. The predicted molar refractivity (Wildman–Crippen MR) is 92.8 cm³/mol. The van der Waals surface area contributed by atoms with Crippen molar-refractivity contribution in [1.29, 1.82) is 0 Å². The zero-order chi connectivity index (χ0) is 16.5. The van der Waals surface area contributed by atoms with E-state index in [1.54, 1.807) is 25.3 Å². The van der Waals surface area contributed by atoms with Crippen molar-refractivity contribution in [1.82, 2.24) is 9.97 Å². The Kier molecular flexibility index (Phi) is 3.54. The van der Waals surface area contributed by atoms with Crippen LogP contribution in [-0.4, -0.2) is 22.2 Å². The maximum Gasteiger partial charge on any atom is 0.227 e. The number of hydrogen-bond acceptors (Lipinski definition) is 5. The van der Waals surface area contributed by atoms with Crippen LogP contribution in [0, 0.1) is 0 Å². The van der Waals surface area contributed by atoms with E-state index in [0.29, 0.717) is 5.95 Å². The molecule has 2 N–H and O–H groups in total. The molecule has 1 aromatic heterocycles. The van der Waals surface area contributed by atoms with E-state index in [1.165, 1.54) is 5.56 Å². The van der Waals surface area contributed by atoms with E-state index in [2.05, 4.69) is 16.4 Å². The second-order valence-corrected chi connectivity index (χ2v) is 5.77. The molecule has 0 fully saturated rings. The first kappa shape index (κ1) is 14.5. The number of ether oxygens (including phenoxy) is 1. The molecule has 0 atom stereocenters. The highest BCUT2D eigenvalue weighted by Gasteiger charge is 2.19. The normalized spacial score (nSPS) is 12.2. The van der Waals surface area contributed by atoms with Crippen molar-refractivity contribution in [2.75, 3.05) is 12.4 Å². The first-order valence-electron chi connectivity index (χ1n) is 7.82. The maximum atomic E-state index is 9.58. The Balaban J connectivity index is 1.74. The van der Waals surface area contributed by atoms with Crippen LogP contribution in [0.15, 0.2) is 48.7 Å². The van der Waals surface area contributed by atoms with E-state index >= 15 is 0 Å². The van der Waals surface area contributed by atoms with Gasteiger partial charge in [-0.05, 0) is 48.2 Å². The van der Waals surface area contributed by atoms with Gasteiger partial charge in [0.1, 0.15) is 11.5 Å². The van der Waals surface area contributed by atoms with Crippen molar-refractivity contribution in [3.05, 3.63) is 59.8 Å². The van der Waals surface area contributed by atoms with Crippen LogP contribution in [0.5, 0.6) is 11.5 Å². The number of fused-ring (bicyclic) bond motifs is 3. The van der Waals surface area contributed by atoms with Gasteiger partial charge < -0.3 is 15.2 Å². The fourth-order valence-corrected chi connectivity index (χ4v) is 2.99. The highest BCUT2D eigenvalue weighted by Crippen LogP contribution is 2.35. The summed E-state index contributed by atoms with van der Waals surface area (Å²) in [6, 6.07) is 13.0. The van der Waals surface area contributed by atoms with Crippen LogP contribution < -0.4 is 10.1 Å². The van der Waals surface area contributed by atoms with Gasteiger partial charge in [-0.2, -0.15) is 0 Å². The number of aromatic hydroxyl groups is 1. The highest BCUT2D eigenvalue weighted by atomic mass is 16.5. The minimum Gasteiger partial charge on any atom is -0.508 e. The van der Waals surface area contributed by atoms with Gasteiger partial charge >= 0.3 is 0 Å². The van der Waals surface area contributed by atoms with Gasteiger partial charge in [0.05, 0.1) is 12.8 Å². The Morgan fingerprint density at radius 3 is 2.79 bits per heavy atom. The van der Waals surface area contributed by atoms with E-state index in [4.69, 9.17) is 9.72 Å². The molecule has 1 aliphatic carbocycles. The number of nitrogens with one attached hydrogen (secondary N) is 1. The Morgan fingerprint density at radius 1 is 1.08 bits per heavy atom. The Labute approximate surface area is 140 Å². The molecule has 1 aliphatic rings. The van der Waals surface area contributed by atoms with E-state index in [0.717, 1.165) is 41.1 Å². The fourth-order valence-electron chi connectivity index (χ4n) is 2.99. The van der Waals surface area contributed by atoms with Gasteiger partial charge in [0.15, 0.2) is 0 Å². The number of hydrogen-bond donors (Lipinski definition) is 2. The van der Waals surface area contributed by atoms with Crippen molar-refractivity contribution >= 4 is 11.6 Å². The Bertz CT molecular complexity index is 909. The minimum atomic E-state index is 0.202. The lowest BCUT2D eigenvalue weighted by Gasteiger charge is -2.20. The second kappa shape index (κ2) is 5.85. The topological polar surface area (TPSA) is 67.3 Å². The zero-order valence-electron chi connectivity index (χ0n) is 13.3. The van der Waals surface area contributed by atoms with Gasteiger partial charge in [0.25, 0.3) is 0 Å². The lowest BCUT2D eigenvalue weighted by atomic mass is 9.90. The van der Waals surface area contributed by atoms with Crippen molar-refractivity contribution in [2.24, 2.45) is 0 Å². The monoisotopic (exact) mass is 319 g/mol. The van der Waals surface area contributed by atoms with Crippen LogP contribution in [0.25, 0.3) is 11.3 Å². The molecule has 0 spiro atoms. The molecular formula is C19H17N3O2. The molecule has 0 bridgehead atoms. The standard InChI is InChI=1S/C19H17N3O2/c1-24-16-8-7-12-5-6-13-11-20-19(22-18(13)17(12)10-16)21-14-3-2-4-15(23)9-14/h2-4,7-11,23H,5-6H2,1H3,(H,20,21,22). The molecule has 0 aliphatic heterocycles. The summed E-state index contributed by atoms with van der Waals surface area (Å²) in [4.78, 5) is 9.09. The molecule has 3 aromatic rings. The summed E-state index contributed by atoms with van der Waals surface area (Å²) in [6.45, 7) is 0. The fraction of sp³-hybridized carbons (Fsp3) is 0.158. The molecule has 1 heterocycles. The number of anilines is 2. The van der Waals surface area contributed by atoms with Crippen molar-refractivity contribution in [3.63, 3.8) is 0 Å². The van der Waals surface area contributed by atoms with Crippen LogP contribution in [0.3, 0.4) is 0 Å². The number of aromatic nitrogens is 2. The minimum absolute atomic E-state index is 0.202. The summed E-state index contributed by atoms with van der Waals surface area (Å²) < 4.78 is 5.35. The molecule has 2 aromatic carbocycles. The van der Waals surface area contributed by atoms with Crippen LogP contribution in [0.1, 0.15) is 11.1 Å². The maximum absolute atomic E-state index is 9.58. The van der Waals surface area contributed by atoms with Gasteiger partial charge in [-0.25, -0.2) is 9.97 Å². The second-order valence-electron chi connectivity index (χ2n) is 5.77. The zero-order valence-corrected chi connectivity index (χ0v) is 13.3. The first-order chi connectivity index (χ1) is 11.7. The van der Waals surface area contributed by atoms with Crippen LogP contribution >= 0.6 is 0 Å². The summed E-state index contributed by atoms with van der Waals surface area (Å²) in [5, 5.41) is 12.7. The average molecular weight is 319 g/mol. The third-order valence-corrected chi connectivity index (χ3v) is 4.20.